The number of carbonyl (C=O) groups is 2. The minimum absolute atomic E-state index is 0.148. The first-order valence-corrected chi connectivity index (χ1v) is 7.83. The van der Waals surface area contributed by atoms with E-state index in [0.717, 1.165) is 5.56 Å². The van der Waals surface area contributed by atoms with E-state index in [4.69, 9.17) is 21.1 Å². The number of hydrogen-bond acceptors (Lipinski definition) is 4. The largest absolute Gasteiger partial charge is 0.484 e. The van der Waals surface area contributed by atoms with Gasteiger partial charge in [0.05, 0.1) is 12.2 Å². The molecule has 24 heavy (non-hydrogen) atoms. The smallest absolute Gasteiger partial charge is 0.338 e. The summed E-state index contributed by atoms with van der Waals surface area (Å²) in [6.45, 7) is 3.74. The number of nitrogens with one attached hydrogen (secondary N) is 1. The number of carbonyl (C=O) groups excluding carboxylic acids is 2. The number of ether oxygens (including phenoxy) is 2. The van der Waals surface area contributed by atoms with Gasteiger partial charge in [0.2, 0.25) is 0 Å². The SMILES string of the molecule is CCOC(=O)c1cccc(NC(=O)COc2ccc(Cl)c(C)c2)c1. The van der Waals surface area contributed by atoms with E-state index in [0.29, 0.717) is 28.6 Å². The summed E-state index contributed by atoms with van der Waals surface area (Å²) >= 11 is 5.94. The predicted octanol–water partition coefficient (Wildman–Crippen LogP) is 3.84. The molecule has 1 amide bonds. The van der Waals surface area contributed by atoms with Crippen LogP contribution in [-0.2, 0) is 9.53 Å². The molecule has 0 saturated carbocycles. The van der Waals surface area contributed by atoms with Crippen molar-refractivity contribution in [3.63, 3.8) is 0 Å². The third-order valence-corrected chi connectivity index (χ3v) is 3.58. The van der Waals surface area contributed by atoms with Crippen molar-refractivity contribution in [1.82, 2.24) is 0 Å². The monoisotopic (exact) mass is 347 g/mol. The number of hydrogen-bond donors (Lipinski definition) is 1. The maximum atomic E-state index is 12.0. The molecule has 0 fully saturated rings. The molecule has 0 unspecified atom stereocenters. The lowest BCUT2D eigenvalue weighted by atomic mass is 10.2. The fraction of sp³-hybridized carbons (Fsp3) is 0.222. The molecule has 0 aliphatic carbocycles. The van der Waals surface area contributed by atoms with E-state index < -0.39 is 5.97 Å². The molecule has 0 aliphatic rings. The molecule has 2 aromatic rings. The Labute approximate surface area is 145 Å². The lowest BCUT2D eigenvalue weighted by molar-refractivity contribution is -0.118. The molecule has 0 saturated heterocycles. The van der Waals surface area contributed by atoms with Crippen LogP contribution < -0.4 is 10.1 Å². The highest BCUT2D eigenvalue weighted by Gasteiger charge is 2.09. The molecule has 1 N–H and O–H groups in total. The molecule has 2 aromatic carbocycles. The van der Waals surface area contributed by atoms with E-state index in [9.17, 15) is 9.59 Å². The van der Waals surface area contributed by atoms with Crippen LogP contribution in [0.4, 0.5) is 5.69 Å². The van der Waals surface area contributed by atoms with Gasteiger partial charge in [-0.3, -0.25) is 4.79 Å². The van der Waals surface area contributed by atoms with E-state index in [-0.39, 0.29) is 12.5 Å². The van der Waals surface area contributed by atoms with Crippen molar-refractivity contribution in [2.24, 2.45) is 0 Å². The summed E-state index contributed by atoms with van der Waals surface area (Å²) in [6.07, 6.45) is 0. The third-order valence-electron chi connectivity index (χ3n) is 3.16. The van der Waals surface area contributed by atoms with Crippen molar-refractivity contribution in [2.45, 2.75) is 13.8 Å². The molecule has 5 nitrogen and oxygen atoms in total. The van der Waals surface area contributed by atoms with Crippen LogP contribution in [0.3, 0.4) is 0 Å². The number of anilines is 1. The molecule has 0 aliphatic heterocycles. The van der Waals surface area contributed by atoms with Crippen molar-refractivity contribution in [3.8, 4) is 5.75 Å². The number of aryl methyl sites for hydroxylation is 1. The van der Waals surface area contributed by atoms with Gasteiger partial charge in [-0.1, -0.05) is 17.7 Å². The van der Waals surface area contributed by atoms with Gasteiger partial charge in [0.25, 0.3) is 5.91 Å². The molecule has 0 bridgehead atoms. The fourth-order valence-corrected chi connectivity index (χ4v) is 2.11. The number of amides is 1. The number of esters is 1. The second kappa shape index (κ2) is 8.36. The van der Waals surface area contributed by atoms with Crippen LogP contribution in [0.25, 0.3) is 0 Å². The average Bonchev–Trinajstić information content (AvgIpc) is 2.56. The second-order valence-electron chi connectivity index (χ2n) is 5.05. The minimum Gasteiger partial charge on any atom is -0.484 e. The molecule has 6 heteroatoms. The van der Waals surface area contributed by atoms with Gasteiger partial charge in [0.1, 0.15) is 5.75 Å². The van der Waals surface area contributed by atoms with Gasteiger partial charge in [0, 0.05) is 10.7 Å². The lowest BCUT2D eigenvalue weighted by Gasteiger charge is -2.09. The van der Waals surface area contributed by atoms with Gasteiger partial charge in [-0.25, -0.2) is 4.79 Å². The highest BCUT2D eigenvalue weighted by molar-refractivity contribution is 6.31. The zero-order chi connectivity index (χ0) is 17.5. The highest BCUT2D eigenvalue weighted by atomic mass is 35.5. The molecular weight excluding hydrogens is 330 g/mol. The fourth-order valence-electron chi connectivity index (χ4n) is 1.99. The Morgan fingerprint density at radius 3 is 2.67 bits per heavy atom. The van der Waals surface area contributed by atoms with Crippen molar-refractivity contribution in [2.75, 3.05) is 18.5 Å². The van der Waals surface area contributed by atoms with Crippen LogP contribution in [0.15, 0.2) is 42.5 Å². The Morgan fingerprint density at radius 2 is 1.96 bits per heavy atom. The first-order chi connectivity index (χ1) is 11.5. The normalized spacial score (nSPS) is 10.1. The van der Waals surface area contributed by atoms with E-state index in [1.807, 2.05) is 6.92 Å². The minimum atomic E-state index is -0.429. The van der Waals surface area contributed by atoms with E-state index in [1.165, 1.54) is 0 Å². The number of benzene rings is 2. The standard InChI is InChI=1S/C18H18ClNO4/c1-3-23-18(22)13-5-4-6-14(10-13)20-17(21)11-24-15-7-8-16(19)12(2)9-15/h4-10H,3,11H2,1-2H3,(H,20,21). The van der Waals surface area contributed by atoms with E-state index in [1.54, 1.807) is 49.4 Å². The number of rotatable bonds is 6. The quantitative estimate of drug-likeness (QED) is 0.806. The van der Waals surface area contributed by atoms with Crippen molar-refractivity contribution >= 4 is 29.2 Å². The van der Waals surface area contributed by atoms with E-state index >= 15 is 0 Å². The molecule has 0 aromatic heterocycles. The molecule has 0 spiro atoms. The summed E-state index contributed by atoms with van der Waals surface area (Å²) in [5.74, 6) is -0.197. The van der Waals surface area contributed by atoms with Crippen LogP contribution in [0.1, 0.15) is 22.8 Å². The zero-order valence-electron chi connectivity index (χ0n) is 13.5. The van der Waals surface area contributed by atoms with Crippen molar-refractivity contribution < 1.29 is 19.1 Å². The predicted molar refractivity (Wildman–Crippen MR) is 92.7 cm³/mol. The third kappa shape index (κ3) is 4.99. The van der Waals surface area contributed by atoms with Crippen LogP contribution in [0.2, 0.25) is 5.02 Å². The summed E-state index contributed by atoms with van der Waals surface area (Å²) in [4.78, 5) is 23.6. The summed E-state index contributed by atoms with van der Waals surface area (Å²) in [5, 5.41) is 3.32. The van der Waals surface area contributed by atoms with Crippen molar-refractivity contribution in [1.29, 1.82) is 0 Å². The second-order valence-corrected chi connectivity index (χ2v) is 5.46. The van der Waals surface area contributed by atoms with Gasteiger partial charge < -0.3 is 14.8 Å². The van der Waals surface area contributed by atoms with Gasteiger partial charge >= 0.3 is 5.97 Å². The first kappa shape index (κ1) is 17.8. The van der Waals surface area contributed by atoms with Gasteiger partial charge in [-0.15, -0.1) is 0 Å². The lowest BCUT2D eigenvalue weighted by Crippen LogP contribution is -2.20. The maximum absolute atomic E-state index is 12.0. The summed E-state index contributed by atoms with van der Waals surface area (Å²) in [6, 6.07) is 11.7. The van der Waals surface area contributed by atoms with Crippen LogP contribution >= 0.6 is 11.6 Å². The highest BCUT2D eigenvalue weighted by Crippen LogP contribution is 2.21. The maximum Gasteiger partial charge on any atom is 0.338 e. The van der Waals surface area contributed by atoms with Gasteiger partial charge in [-0.2, -0.15) is 0 Å². The Bertz CT molecular complexity index is 746. The van der Waals surface area contributed by atoms with Crippen LogP contribution in [0, 0.1) is 6.92 Å². The summed E-state index contributed by atoms with van der Waals surface area (Å²) in [5.41, 5.74) is 1.75. The summed E-state index contributed by atoms with van der Waals surface area (Å²) in [7, 11) is 0. The number of halogens is 1. The molecule has 0 radical (unpaired) electrons. The first-order valence-electron chi connectivity index (χ1n) is 7.45. The van der Waals surface area contributed by atoms with Crippen molar-refractivity contribution in [3.05, 3.63) is 58.6 Å². The molecule has 0 heterocycles. The van der Waals surface area contributed by atoms with E-state index in [2.05, 4.69) is 5.32 Å². The van der Waals surface area contributed by atoms with Crippen LogP contribution in [0.5, 0.6) is 5.75 Å². The zero-order valence-corrected chi connectivity index (χ0v) is 14.2. The molecular formula is C18H18ClNO4. The Balaban J connectivity index is 1.93. The molecule has 126 valence electrons. The molecule has 0 atom stereocenters. The Kier molecular flexibility index (Phi) is 6.21. The van der Waals surface area contributed by atoms with Gasteiger partial charge in [0.15, 0.2) is 6.61 Å². The Hall–Kier alpha value is -2.53. The molecule has 2 rings (SSSR count). The average molecular weight is 348 g/mol. The van der Waals surface area contributed by atoms with Crippen LogP contribution in [-0.4, -0.2) is 25.1 Å². The summed E-state index contributed by atoms with van der Waals surface area (Å²) < 4.78 is 10.4. The van der Waals surface area contributed by atoms with Gasteiger partial charge in [-0.05, 0) is 55.8 Å². The topological polar surface area (TPSA) is 64.6 Å². The Morgan fingerprint density at radius 1 is 1.17 bits per heavy atom.